The molecule has 2 fully saturated rings. The van der Waals surface area contributed by atoms with Crippen molar-refractivity contribution in [3.05, 3.63) is 34.3 Å². The van der Waals surface area contributed by atoms with E-state index in [0.29, 0.717) is 19.3 Å². The average Bonchev–Trinajstić information content (AvgIpc) is 3.17. The second-order valence-corrected chi connectivity index (χ2v) is 7.20. The lowest BCUT2D eigenvalue weighted by atomic mass is 10.0. The van der Waals surface area contributed by atoms with Crippen LogP contribution in [-0.4, -0.2) is 28.4 Å². The smallest absolute Gasteiger partial charge is 0.306 e. The van der Waals surface area contributed by atoms with Gasteiger partial charge in [-0.1, -0.05) is 28.1 Å². The Hall–Kier alpha value is -1.36. The van der Waals surface area contributed by atoms with Crippen LogP contribution in [0.4, 0.5) is 0 Å². The van der Waals surface area contributed by atoms with Crippen molar-refractivity contribution in [3.63, 3.8) is 0 Å². The summed E-state index contributed by atoms with van der Waals surface area (Å²) >= 11 is 3.44. The number of amides is 1. The van der Waals surface area contributed by atoms with Crippen LogP contribution in [0.25, 0.3) is 0 Å². The van der Waals surface area contributed by atoms with Crippen molar-refractivity contribution < 1.29 is 14.7 Å². The summed E-state index contributed by atoms with van der Waals surface area (Å²) in [6.45, 7) is 0.786. The summed E-state index contributed by atoms with van der Waals surface area (Å²) in [6.07, 6.45) is 3.84. The zero-order valence-electron chi connectivity index (χ0n) is 12.4. The minimum absolute atomic E-state index is 0.114. The fourth-order valence-corrected chi connectivity index (χ4v) is 3.99. The standard InChI is InChI=1S/C17H20BrNO3/c18-14-7-5-11(6-8-14)15-2-1-9-19(15)16(20)12-3-4-13(10-12)17(21)22/h5-8,12-13,15H,1-4,9-10H2,(H,21,22)/t12-,13+,15?/m0/s1. The van der Waals surface area contributed by atoms with Gasteiger partial charge in [0.05, 0.1) is 12.0 Å². The van der Waals surface area contributed by atoms with Gasteiger partial charge in [0.1, 0.15) is 0 Å². The molecule has 4 nitrogen and oxygen atoms in total. The van der Waals surface area contributed by atoms with Crippen molar-refractivity contribution in [2.24, 2.45) is 11.8 Å². The molecule has 1 aliphatic carbocycles. The van der Waals surface area contributed by atoms with Crippen LogP contribution in [0, 0.1) is 11.8 Å². The van der Waals surface area contributed by atoms with Crippen LogP contribution in [0.3, 0.4) is 0 Å². The lowest BCUT2D eigenvalue weighted by Gasteiger charge is -2.28. The molecule has 1 aromatic rings. The fourth-order valence-electron chi connectivity index (χ4n) is 3.73. The first-order valence-corrected chi connectivity index (χ1v) is 8.64. The number of nitrogens with zero attached hydrogens (tertiary/aromatic N) is 1. The number of hydrogen-bond donors (Lipinski definition) is 1. The molecule has 1 heterocycles. The number of halogens is 1. The quantitative estimate of drug-likeness (QED) is 0.889. The van der Waals surface area contributed by atoms with Crippen molar-refractivity contribution in [1.29, 1.82) is 0 Å². The van der Waals surface area contributed by atoms with Gasteiger partial charge >= 0.3 is 5.97 Å². The molecule has 1 unspecified atom stereocenters. The Morgan fingerprint density at radius 2 is 1.77 bits per heavy atom. The van der Waals surface area contributed by atoms with Gasteiger partial charge in [0, 0.05) is 16.9 Å². The first-order valence-electron chi connectivity index (χ1n) is 7.85. The monoisotopic (exact) mass is 365 g/mol. The highest BCUT2D eigenvalue weighted by Gasteiger charge is 2.39. The normalized spacial score (nSPS) is 28.0. The van der Waals surface area contributed by atoms with E-state index >= 15 is 0 Å². The number of carbonyl (C=O) groups is 2. The van der Waals surface area contributed by atoms with E-state index in [4.69, 9.17) is 5.11 Å². The zero-order chi connectivity index (χ0) is 15.7. The predicted octanol–water partition coefficient (Wildman–Crippen LogP) is 3.61. The number of rotatable bonds is 3. The third-order valence-electron chi connectivity index (χ3n) is 4.92. The topological polar surface area (TPSA) is 57.6 Å². The van der Waals surface area contributed by atoms with Crippen molar-refractivity contribution in [1.82, 2.24) is 4.90 Å². The Kier molecular flexibility index (Phi) is 4.52. The molecule has 1 aliphatic heterocycles. The molecule has 0 aromatic heterocycles. The van der Waals surface area contributed by atoms with Gasteiger partial charge in [-0.15, -0.1) is 0 Å². The third-order valence-corrected chi connectivity index (χ3v) is 5.45. The Balaban J connectivity index is 1.72. The molecule has 3 rings (SSSR count). The second-order valence-electron chi connectivity index (χ2n) is 6.29. The summed E-state index contributed by atoms with van der Waals surface area (Å²) < 4.78 is 1.03. The highest BCUT2D eigenvalue weighted by molar-refractivity contribution is 9.10. The number of carboxylic acid groups (broad SMARTS) is 1. The molecule has 0 radical (unpaired) electrons. The van der Waals surface area contributed by atoms with Gasteiger partial charge in [0.15, 0.2) is 0 Å². The number of carbonyl (C=O) groups excluding carboxylic acids is 1. The van der Waals surface area contributed by atoms with Crippen molar-refractivity contribution in [3.8, 4) is 0 Å². The lowest BCUT2D eigenvalue weighted by molar-refractivity contribution is -0.141. The van der Waals surface area contributed by atoms with Gasteiger partial charge in [-0.05, 0) is 49.8 Å². The second kappa shape index (κ2) is 6.41. The van der Waals surface area contributed by atoms with E-state index in [9.17, 15) is 9.59 Å². The number of likely N-dealkylation sites (tertiary alicyclic amines) is 1. The summed E-state index contributed by atoms with van der Waals surface area (Å²) in [5.41, 5.74) is 1.17. The summed E-state index contributed by atoms with van der Waals surface area (Å²) in [6, 6.07) is 8.28. The fraction of sp³-hybridized carbons (Fsp3) is 0.529. The number of benzene rings is 1. The lowest BCUT2D eigenvalue weighted by Crippen LogP contribution is -2.35. The van der Waals surface area contributed by atoms with E-state index < -0.39 is 5.97 Å². The molecule has 118 valence electrons. The van der Waals surface area contributed by atoms with Gasteiger partial charge in [-0.25, -0.2) is 0 Å². The zero-order valence-corrected chi connectivity index (χ0v) is 14.0. The van der Waals surface area contributed by atoms with Crippen LogP contribution in [0.2, 0.25) is 0 Å². The summed E-state index contributed by atoms with van der Waals surface area (Å²) in [4.78, 5) is 25.8. The maximum Gasteiger partial charge on any atom is 0.306 e. The van der Waals surface area contributed by atoms with Crippen LogP contribution in [0.15, 0.2) is 28.7 Å². The molecule has 1 saturated carbocycles. The van der Waals surface area contributed by atoms with E-state index in [0.717, 1.165) is 23.9 Å². The molecule has 1 N–H and O–H groups in total. The highest BCUT2D eigenvalue weighted by atomic mass is 79.9. The van der Waals surface area contributed by atoms with Gasteiger partial charge in [0.2, 0.25) is 5.91 Å². The molecule has 3 atom stereocenters. The molecule has 5 heteroatoms. The van der Waals surface area contributed by atoms with Crippen molar-refractivity contribution in [2.75, 3.05) is 6.54 Å². The van der Waals surface area contributed by atoms with E-state index in [2.05, 4.69) is 28.1 Å². The average molecular weight is 366 g/mol. The Morgan fingerprint density at radius 1 is 1.09 bits per heavy atom. The van der Waals surface area contributed by atoms with E-state index in [1.54, 1.807) is 0 Å². The maximum atomic E-state index is 12.8. The molecule has 1 aromatic carbocycles. The first kappa shape index (κ1) is 15.5. The molecule has 22 heavy (non-hydrogen) atoms. The Labute approximate surface area is 138 Å². The number of carboxylic acids is 1. The Bertz CT molecular complexity index is 572. The van der Waals surface area contributed by atoms with Gasteiger partial charge in [-0.3, -0.25) is 9.59 Å². The van der Waals surface area contributed by atoms with Crippen LogP contribution in [0.1, 0.15) is 43.7 Å². The van der Waals surface area contributed by atoms with Crippen LogP contribution >= 0.6 is 15.9 Å². The molecule has 0 spiro atoms. The SMILES string of the molecule is O=C(O)[C@@H]1CC[C@H](C(=O)N2CCCC2c2ccc(Br)cc2)C1. The number of hydrogen-bond acceptors (Lipinski definition) is 2. The van der Waals surface area contributed by atoms with E-state index in [1.165, 1.54) is 5.56 Å². The first-order chi connectivity index (χ1) is 10.6. The molecule has 0 bridgehead atoms. The van der Waals surface area contributed by atoms with Gasteiger partial charge in [0.25, 0.3) is 0 Å². The molecule has 2 aliphatic rings. The summed E-state index contributed by atoms with van der Waals surface area (Å²) in [7, 11) is 0. The predicted molar refractivity (Wildman–Crippen MR) is 86.3 cm³/mol. The van der Waals surface area contributed by atoms with Crippen LogP contribution in [0.5, 0.6) is 0 Å². The maximum absolute atomic E-state index is 12.8. The number of aliphatic carboxylic acids is 1. The minimum Gasteiger partial charge on any atom is -0.481 e. The molecule has 1 saturated heterocycles. The molecular weight excluding hydrogens is 346 g/mol. The van der Waals surface area contributed by atoms with E-state index in [1.807, 2.05) is 17.0 Å². The molecular formula is C17H20BrNO3. The Morgan fingerprint density at radius 3 is 2.41 bits per heavy atom. The van der Waals surface area contributed by atoms with Crippen molar-refractivity contribution >= 4 is 27.8 Å². The highest BCUT2D eigenvalue weighted by Crippen LogP contribution is 2.38. The molecule has 1 amide bonds. The van der Waals surface area contributed by atoms with Crippen molar-refractivity contribution in [2.45, 2.75) is 38.1 Å². The van der Waals surface area contributed by atoms with Crippen LogP contribution < -0.4 is 0 Å². The van der Waals surface area contributed by atoms with E-state index in [-0.39, 0.29) is 23.8 Å². The largest absolute Gasteiger partial charge is 0.481 e. The van der Waals surface area contributed by atoms with Crippen LogP contribution in [-0.2, 0) is 9.59 Å². The van der Waals surface area contributed by atoms with Gasteiger partial charge < -0.3 is 10.0 Å². The minimum atomic E-state index is -0.763. The summed E-state index contributed by atoms with van der Waals surface area (Å²) in [5.74, 6) is -1.07. The van der Waals surface area contributed by atoms with Gasteiger partial charge in [-0.2, -0.15) is 0 Å². The summed E-state index contributed by atoms with van der Waals surface area (Å²) in [5, 5.41) is 9.10. The third kappa shape index (κ3) is 3.05.